The topological polar surface area (TPSA) is 64.6 Å². The zero-order chi connectivity index (χ0) is 17.2. The van der Waals surface area contributed by atoms with Crippen LogP contribution in [0.4, 0.5) is 4.79 Å². The molecule has 2 heterocycles. The van der Waals surface area contributed by atoms with Crippen molar-refractivity contribution in [3.63, 3.8) is 0 Å². The zero-order valence-electron chi connectivity index (χ0n) is 13.4. The maximum absolute atomic E-state index is 11.7. The predicted octanol–water partition coefficient (Wildman–Crippen LogP) is 2.96. The van der Waals surface area contributed by atoms with Gasteiger partial charge >= 0.3 is 0 Å². The molecule has 6 heteroatoms. The number of ether oxygens (including phenoxy) is 2. The summed E-state index contributed by atoms with van der Waals surface area (Å²) < 4.78 is 11.9. The Balaban J connectivity index is 1.42. The molecular formula is C19H17NO4S. The molecule has 2 atom stereocenters. The van der Waals surface area contributed by atoms with Gasteiger partial charge in [0.2, 0.25) is 5.91 Å². The van der Waals surface area contributed by atoms with E-state index in [1.165, 1.54) is 5.56 Å². The van der Waals surface area contributed by atoms with Crippen molar-refractivity contribution in [2.24, 2.45) is 0 Å². The van der Waals surface area contributed by atoms with Gasteiger partial charge in [-0.1, -0.05) is 48.2 Å². The van der Waals surface area contributed by atoms with Crippen molar-refractivity contribution in [1.82, 2.24) is 5.32 Å². The van der Waals surface area contributed by atoms with E-state index in [4.69, 9.17) is 9.47 Å². The fraction of sp³-hybridized carbons (Fsp3) is 0.263. The average molecular weight is 355 g/mol. The third-order valence-electron chi connectivity index (χ3n) is 4.22. The Hall–Kier alpha value is -2.47. The van der Waals surface area contributed by atoms with Gasteiger partial charge in [-0.2, -0.15) is 0 Å². The lowest BCUT2D eigenvalue weighted by Crippen LogP contribution is -2.31. The summed E-state index contributed by atoms with van der Waals surface area (Å²) in [7, 11) is 0. The highest BCUT2D eigenvalue weighted by Gasteiger charge is 2.32. The molecule has 5 nitrogen and oxygen atoms in total. The summed E-state index contributed by atoms with van der Waals surface area (Å²) >= 11 is 1.04. The molecule has 2 aliphatic rings. The number of nitrogens with one attached hydrogen (secondary N) is 1. The minimum Gasteiger partial charge on any atom is -0.486 e. The van der Waals surface area contributed by atoms with Gasteiger partial charge in [0.15, 0.2) is 11.5 Å². The van der Waals surface area contributed by atoms with E-state index in [-0.39, 0.29) is 22.5 Å². The number of carbonyl (C=O) groups is 2. The third-order valence-corrected chi connectivity index (χ3v) is 5.20. The van der Waals surface area contributed by atoms with Crippen molar-refractivity contribution in [3.05, 3.63) is 59.7 Å². The molecule has 2 unspecified atom stereocenters. The molecule has 2 aromatic rings. The van der Waals surface area contributed by atoms with Crippen LogP contribution in [0.1, 0.15) is 11.1 Å². The van der Waals surface area contributed by atoms with Crippen LogP contribution in [0.2, 0.25) is 0 Å². The molecule has 2 aromatic carbocycles. The predicted molar refractivity (Wildman–Crippen MR) is 95.1 cm³/mol. The monoisotopic (exact) mass is 355 g/mol. The van der Waals surface area contributed by atoms with Gasteiger partial charge in [-0.3, -0.25) is 14.9 Å². The number of carbonyl (C=O) groups excluding carboxylic acids is 2. The first kappa shape index (κ1) is 16.0. The van der Waals surface area contributed by atoms with Crippen LogP contribution in [0.25, 0.3) is 0 Å². The number of hydrogen-bond acceptors (Lipinski definition) is 5. The number of fused-ring (bicyclic) bond motifs is 1. The molecule has 0 bridgehead atoms. The summed E-state index contributed by atoms with van der Waals surface area (Å²) in [6.07, 6.45) is 1.27. The van der Waals surface area contributed by atoms with Crippen LogP contribution in [-0.4, -0.2) is 29.1 Å². The van der Waals surface area contributed by atoms with E-state index in [2.05, 4.69) is 17.4 Å². The van der Waals surface area contributed by atoms with Crippen molar-refractivity contribution < 1.29 is 19.1 Å². The molecule has 4 rings (SSSR count). The Labute approximate surface area is 149 Å². The highest BCUT2D eigenvalue weighted by Crippen LogP contribution is 2.34. The van der Waals surface area contributed by atoms with E-state index < -0.39 is 0 Å². The summed E-state index contributed by atoms with van der Waals surface area (Å²) in [6, 6.07) is 15.9. The van der Waals surface area contributed by atoms with E-state index in [1.807, 2.05) is 36.4 Å². The second kappa shape index (κ2) is 6.80. The van der Waals surface area contributed by atoms with Gasteiger partial charge in [0.05, 0.1) is 5.25 Å². The smallest absolute Gasteiger partial charge is 0.286 e. The van der Waals surface area contributed by atoms with E-state index in [0.717, 1.165) is 29.5 Å². The molecule has 0 aromatic heterocycles. The molecule has 0 radical (unpaired) electrons. The summed E-state index contributed by atoms with van der Waals surface area (Å²) in [5, 5.41) is 1.65. The molecule has 2 amide bonds. The number of rotatable bonds is 4. The van der Waals surface area contributed by atoms with Gasteiger partial charge in [-0.25, -0.2) is 0 Å². The Bertz CT molecular complexity index is 808. The number of benzene rings is 2. The first-order chi connectivity index (χ1) is 12.2. The lowest BCUT2D eigenvalue weighted by molar-refractivity contribution is -0.118. The normalized spacial score (nSPS) is 21.9. The fourth-order valence-corrected chi connectivity index (χ4v) is 3.86. The molecule has 1 N–H and O–H groups in total. The van der Waals surface area contributed by atoms with Crippen LogP contribution in [0, 0.1) is 0 Å². The van der Waals surface area contributed by atoms with Crippen molar-refractivity contribution in [3.8, 4) is 11.5 Å². The van der Waals surface area contributed by atoms with Crippen LogP contribution in [-0.2, 0) is 17.6 Å². The van der Waals surface area contributed by atoms with Gasteiger partial charge < -0.3 is 9.47 Å². The summed E-state index contributed by atoms with van der Waals surface area (Å²) in [6.45, 7) is 0.489. The summed E-state index contributed by atoms with van der Waals surface area (Å²) in [5.74, 6) is 1.18. The van der Waals surface area contributed by atoms with E-state index in [9.17, 15) is 9.59 Å². The highest BCUT2D eigenvalue weighted by atomic mass is 32.2. The standard InChI is InChI=1S/C19H17NO4S/c21-18-17(25-19(22)20-18)10-13-6-7-15-16(9-13)23-11-14(24-15)8-12-4-2-1-3-5-12/h1-7,9,14,17H,8,10-11H2,(H,20,21,22). The molecule has 1 fully saturated rings. The van der Waals surface area contributed by atoms with E-state index in [0.29, 0.717) is 18.8 Å². The van der Waals surface area contributed by atoms with Crippen molar-refractivity contribution in [2.75, 3.05) is 6.61 Å². The quantitative estimate of drug-likeness (QED) is 0.913. The van der Waals surface area contributed by atoms with Crippen LogP contribution < -0.4 is 14.8 Å². The Morgan fingerprint density at radius 2 is 1.84 bits per heavy atom. The Kier molecular flexibility index (Phi) is 4.36. The Morgan fingerprint density at radius 3 is 2.60 bits per heavy atom. The lowest BCUT2D eigenvalue weighted by Gasteiger charge is -2.27. The molecule has 25 heavy (non-hydrogen) atoms. The van der Waals surface area contributed by atoms with Gasteiger partial charge in [0.25, 0.3) is 5.24 Å². The van der Waals surface area contributed by atoms with Gasteiger partial charge in [0, 0.05) is 6.42 Å². The highest BCUT2D eigenvalue weighted by molar-refractivity contribution is 8.15. The van der Waals surface area contributed by atoms with Crippen LogP contribution in [0.15, 0.2) is 48.5 Å². The summed E-state index contributed by atoms with van der Waals surface area (Å²) in [5.41, 5.74) is 2.16. The second-order valence-corrected chi connectivity index (χ2v) is 7.28. The molecule has 1 saturated heterocycles. The van der Waals surface area contributed by atoms with Gasteiger partial charge in [-0.05, 0) is 29.7 Å². The van der Waals surface area contributed by atoms with Crippen LogP contribution in [0.3, 0.4) is 0 Å². The minimum atomic E-state index is -0.374. The first-order valence-corrected chi connectivity index (χ1v) is 9.03. The molecular weight excluding hydrogens is 338 g/mol. The largest absolute Gasteiger partial charge is 0.486 e. The molecule has 0 aliphatic carbocycles. The molecule has 2 aliphatic heterocycles. The SMILES string of the molecule is O=C1NC(=O)C(Cc2ccc3c(c2)OCC(Cc2ccccc2)O3)S1. The van der Waals surface area contributed by atoms with Crippen LogP contribution in [0.5, 0.6) is 11.5 Å². The van der Waals surface area contributed by atoms with E-state index >= 15 is 0 Å². The van der Waals surface area contributed by atoms with Gasteiger partial charge in [0.1, 0.15) is 12.7 Å². The number of hydrogen-bond donors (Lipinski definition) is 1. The first-order valence-electron chi connectivity index (χ1n) is 8.15. The zero-order valence-corrected chi connectivity index (χ0v) is 14.3. The number of amides is 2. The van der Waals surface area contributed by atoms with Crippen molar-refractivity contribution in [1.29, 1.82) is 0 Å². The van der Waals surface area contributed by atoms with Crippen molar-refractivity contribution >= 4 is 22.9 Å². The minimum absolute atomic E-state index is 0.0189. The van der Waals surface area contributed by atoms with Gasteiger partial charge in [-0.15, -0.1) is 0 Å². The molecule has 0 saturated carbocycles. The average Bonchev–Trinajstić information content (AvgIpc) is 2.93. The maximum Gasteiger partial charge on any atom is 0.286 e. The molecule has 128 valence electrons. The van der Waals surface area contributed by atoms with Crippen LogP contribution >= 0.6 is 11.8 Å². The fourth-order valence-electron chi connectivity index (χ4n) is 3.01. The Morgan fingerprint density at radius 1 is 1.00 bits per heavy atom. The number of thioether (sulfide) groups is 1. The van der Waals surface area contributed by atoms with Crippen molar-refractivity contribution in [2.45, 2.75) is 24.2 Å². The molecule has 0 spiro atoms. The maximum atomic E-state index is 11.7. The summed E-state index contributed by atoms with van der Waals surface area (Å²) in [4.78, 5) is 22.9. The third kappa shape index (κ3) is 3.64. The van der Waals surface area contributed by atoms with E-state index in [1.54, 1.807) is 0 Å². The lowest BCUT2D eigenvalue weighted by atomic mass is 10.1. The number of imide groups is 1. The second-order valence-electron chi connectivity index (χ2n) is 6.11.